The summed E-state index contributed by atoms with van der Waals surface area (Å²) in [6, 6.07) is 5.96. The molecule has 0 spiro atoms. The molecule has 0 saturated carbocycles. The maximum absolute atomic E-state index is 5.57. The van der Waals surface area contributed by atoms with Crippen molar-refractivity contribution in [3.05, 3.63) is 29.7 Å². The van der Waals surface area contributed by atoms with Gasteiger partial charge in [0.05, 0.1) is 12.7 Å². The summed E-state index contributed by atoms with van der Waals surface area (Å²) in [7, 11) is 1.63. The first kappa shape index (κ1) is 12.6. The number of nitrogens with two attached hydrogens (primary N) is 1. The fourth-order valence-corrected chi connectivity index (χ4v) is 1.73. The van der Waals surface area contributed by atoms with Gasteiger partial charge in [0.2, 0.25) is 5.89 Å². The molecule has 0 amide bonds. The molecule has 1 aromatic heterocycles. The normalized spacial score (nSPS) is 10.6. The van der Waals surface area contributed by atoms with Crippen molar-refractivity contribution in [2.24, 2.45) is 5.73 Å². The first-order valence-corrected chi connectivity index (χ1v) is 5.98. The molecule has 5 heteroatoms. The minimum Gasteiger partial charge on any atom is -0.496 e. The largest absolute Gasteiger partial charge is 0.496 e. The Morgan fingerprint density at radius 3 is 2.83 bits per heavy atom. The molecule has 0 bridgehead atoms. The van der Waals surface area contributed by atoms with Crippen LogP contribution < -0.4 is 10.5 Å². The zero-order valence-corrected chi connectivity index (χ0v) is 10.6. The van der Waals surface area contributed by atoms with Gasteiger partial charge in [-0.1, -0.05) is 13.0 Å². The van der Waals surface area contributed by atoms with E-state index in [0.717, 1.165) is 17.7 Å². The Morgan fingerprint density at radius 1 is 1.33 bits per heavy atom. The lowest BCUT2D eigenvalue weighted by Gasteiger charge is -2.06. The lowest BCUT2D eigenvalue weighted by atomic mass is 10.1. The van der Waals surface area contributed by atoms with Crippen molar-refractivity contribution < 1.29 is 9.15 Å². The predicted molar refractivity (Wildman–Crippen MR) is 68.4 cm³/mol. The van der Waals surface area contributed by atoms with Gasteiger partial charge in [-0.05, 0) is 24.1 Å². The summed E-state index contributed by atoms with van der Waals surface area (Å²) >= 11 is 0. The van der Waals surface area contributed by atoms with Crippen LogP contribution in [0.2, 0.25) is 0 Å². The van der Waals surface area contributed by atoms with E-state index in [2.05, 4.69) is 17.1 Å². The highest BCUT2D eigenvalue weighted by molar-refractivity contribution is 5.63. The van der Waals surface area contributed by atoms with E-state index in [-0.39, 0.29) is 0 Å². The smallest absolute Gasteiger partial charge is 0.251 e. The molecule has 0 atom stereocenters. The van der Waals surface area contributed by atoms with Crippen LogP contribution in [0, 0.1) is 0 Å². The molecule has 2 rings (SSSR count). The lowest BCUT2D eigenvalue weighted by molar-refractivity contribution is 0.413. The second kappa shape index (κ2) is 5.64. The van der Waals surface area contributed by atoms with Crippen molar-refractivity contribution in [1.29, 1.82) is 0 Å². The molecule has 0 radical (unpaired) electrons. The van der Waals surface area contributed by atoms with Crippen LogP contribution in [-0.4, -0.2) is 23.9 Å². The predicted octanol–water partition coefficient (Wildman–Crippen LogP) is 1.81. The minimum atomic E-state index is 0.477. The Morgan fingerprint density at radius 2 is 2.17 bits per heavy atom. The van der Waals surface area contributed by atoms with Crippen LogP contribution in [0.1, 0.15) is 18.4 Å². The van der Waals surface area contributed by atoms with E-state index in [0.29, 0.717) is 24.7 Å². The van der Waals surface area contributed by atoms with Gasteiger partial charge in [-0.15, -0.1) is 10.2 Å². The maximum atomic E-state index is 5.57. The van der Waals surface area contributed by atoms with Gasteiger partial charge in [0, 0.05) is 13.0 Å². The highest BCUT2D eigenvalue weighted by Gasteiger charge is 2.13. The number of aromatic nitrogens is 2. The number of hydrogen-bond donors (Lipinski definition) is 1. The molecule has 0 aliphatic heterocycles. The van der Waals surface area contributed by atoms with Crippen molar-refractivity contribution in [3.8, 4) is 17.2 Å². The Kier molecular flexibility index (Phi) is 3.94. The van der Waals surface area contributed by atoms with E-state index in [9.17, 15) is 0 Å². The van der Waals surface area contributed by atoms with Gasteiger partial charge in [0.15, 0.2) is 0 Å². The average molecular weight is 247 g/mol. The number of methoxy groups -OCH3 is 1. The lowest BCUT2D eigenvalue weighted by Crippen LogP contribution is -2.02. The number of ether oxygens (including phenoxy) is 1. The number of hydrogen-bond acceptors (Lipinski definition) is 5. The van der Waals surface area contributed by atoms with Gasteiger partial charge in [-0.3, -0.25) is 0 Å². The van der Waals surface area contributed by atoms with Crippen LogP contribution in [0.4, 0.5) is 0 Å². The van der Waals surface area contributed by atoms with Crippen molar-refractivity contribution >= 4 is 0 Å². The monoisotopic (exact) mass is 247 g/mol. The number of nitrogens with zero attached hydrogens (tertiary/aromatic N) is 2. The topological polar surface area (TPSA) is 74.2 Å². The Hall–Kier alpha value is -1.88. The fraction of sp³-hybridized carbons (Fsp3) is 0.385. The Balaban J connectivity index is 2.40. The molecule has 0 unspecified atom stereocenters. The maximum Gasteiger partial charge on any atom is 0.251 e. The van der Waals surface area contributed by atoms with Gasteiger partial charge < -0.3 is 14.9 Å². The SMILES string of the molecule is CCc1ccc(OC)c(-c2nnc(CCN)o2)c1. The first-order chi connectivity index (χ1) is 8.78. The molecule has 2 N–H and O–H groups in total. The summed E-state index contributed by atoms with van der Waals surface area (Å²) in [5.41, 5.74) is 7.48. The third kappa shape index (κ3) is 2.51. The van der Waals surface area contributed by atoms with Crippen LogP contribution >= 0.6 is 0 Å². The van der Waals surface area contributed by atoms with Gasteiger partial charge in [0.1, 0.15) is 5.75 Å². The highest BCUT2D eigenvalue weighted by atomic mass is 16.5. The molecule has 0 aliphatic rings. The van der Waals surface area contributed by atoms with Gasteiger partial charge >= 0.3 is 0 Å². The number of rotatable bonds is 5. The quantitative estimate of drug-likeness (QED) is 0.872. The molecule has 0 fully saturated rings. The highest BCUT2D eigenvalue weighted by Crippen LogP contribution is 2.30. The van der Waals surface area contributed by atoms with E-state index in [1.54, 1.807) is 7.11 Å². The Bertz CT molecular complexity index is 523. The summed E-state index contributed by atoms with van der Waals surface area (Å²) in [4.78, 5) is 0. The minimum absolute atomic E-state index is 0.477. The van der Waals surface area contributed by atoms with Crippen molar-refractivity contribution in [3.63, 3.8) is 0 Å². The first-order valence-electron chi connectivity index (χ1n) is 5.98. The molecule has 2 aromatic rings. The second-order valence-electron chi connectivity index (χ2n) is 3.93. The molecule has 96 valence electrons. The summed E-state index contributed by atoms with van der Waals surface area (Å²) in [6.07, 6.45) is 1.53. The van der Waals surface area contributed by atoms with Crippen LogP contribution in [0.5, 0.6) is 5.75 Å². The summed E-state index contributed by atoms with van der Waals surface area (Å²) < 4.78 is 10.9. The van der Waals surface area contributed by atoms with E-state index in [1.807, 2.05) is 18.2 Å². The average Bonchev–Trinajstić information content (AvgIpc) is 2.87. The zero-order valence-electron chi connectivity index (χ0n) is 10.6. The van der Waals surface area contributed by atoms with Gasteiger partial charge in [0.25, 0.3) is 5.89 Å². The summed E-state index contributed by atoms with van der Waals surface area (Å²) in [5.74, 6) is 1.76. The van der Waals surface area contributed by atoms with Gasteiger partial charge in [-0.25, -0.2) is 0 Å². The van der Waals surface area contributed by atoms with Crippen LogP contribution in [0.25, 0.3) is 11.5 Å². The van der Waals surface area contributed by atoms with E-state index >= 15 is 0 Å². The van der Waals surface area contributed by atoms with Crippen LogP contribution in [-0.2, 0) is 12.8 Å². The third-order valence-electron chi connectivity index (χ3n) is 2.73. The summed E-state index contributed by atoms with van der Waals surface area (Å²) in [6.45, 7) is 2.59. The van der Waals surface area contributed by atoms with Gasteiger partial charge in [-0.2, -0.15) is 0 Å². The van der Waals surface area contributed by atoms with E-state index in [4.69, 9.17) is 14.9 Å². The molecular weight excluding hydrogens is 230 g/mol. The van der Waals surface area contributed by atoms with Crippen LogP contribution in [0.3, 0.4) is 0 Å². The fourth-order valence-electron chi connectivity index (χ4n) is 1.73. The molecule has 1 aromatic carbocycles. The number of aryl methyl sites for hydroxylation is 1. The molecular formula is C13H17N3O2. The Labute approximate surface area is 106 Å². The van der Waals surface area contributed by atoms with Crippen molar-refractivity contribution in [2.45, 2.75) is 19.8 Å². The van der Waals surface area contributed by atoms with Crippen molar-refractivity contribution in [2.75, 3.05) is 13.7 Å². The van der Waals surface area contributed by atoms with Crippen molar-refractivity contribution in [1.82, 2.24) is 10.2 Å². The second-order valence-corrected chi connectivity index (χ2v) is 3.93. The molecule has 0 saturated heterocycles. The number of benzene rings is 1. The molecule has 0 aliphatic carbocycles. The molecule has 1 heterocycles. The van der Waals surface area contributed by atoms with E-state index < -0.39 is 0 Å². The zero-order chi connectivity index (χ0) is 13.0. The summed E-state index contributed by atoms with van der Waals surface area (Å²) in [5, 5.41) is 8.00. The van der Waals surface area contributed by atoms with Crippen LogP contribution in [0.15, 0.2) is 22.6 Å². The van der Waals surface area contributed by atoms with E-state index in [1.165, 1.54) is 5.56 Å². The third-order valence-corrected chi connectivity index (χ3v) is 2.73. The standard InChI is InChI=1S/C13H17N3O2/c1-3-9-4-5-11(17-2)10(8-9)13-16-15-12(18-13)6-7-14/h4-5,8H,3,6-7,14H2,1-2H3. The molecule has 18 heavy (non-hydrogen) atoms. The molecule has 5 nitrogen and oxygen atoms in total.